The van der Waals surface area contributed by atoms with E-state index in [4.69, 9.17) is 11.6 Å². The molecule has 1 N–H and O–H groups in total. The van der Waals surface area contributed by atoms with Crippen LogP contribution < -0.4 is 0 Å². The summed E-state index contributed by atoms with van der Waals surface area (Å²) in [5.41, 5.74) is 2.28. The van der Waals surface area contributed by atoms with Crippen molar-refractivity contribution in [2.45, 2.75) is 39.2 Å². The molecule has 1 aliphatic rings. The monoisotopic (exact) mass is 250 g/mol. The van der Waals surface area contributed by atoms with E-state index in [-0.39, 0.29) is 5.41 Å². The van der Waals surface area contributed by atoms with Crippen LogP contribution in [0.4, 0.5) is 0 Å². The quantitative estimate of drug-likeness (QED) is 0.766. The fourth-order valence-electron chi connectivity index (χ4n) is 2.47. The number of allylic oxidation sites excluding steroid dienone is 1. The molecule has 0 saturated carbocycles. The lowest BCUT2D eigenvalue weighted by Crippen LogP contribution is -2.16. The fourth-order valence-corrected chi connectivity index (χ4v) is 2.60. The molecule has 0 saturated heterocycles. The second-order valence-electron chi connectivity index (χ2n) is 5.52. The number of hydrogen-bond acceptors (Lipinski definition) is 1. The lowest BCUT2D eigenvalue weighted by atomic mass is 9.77. The van der Waals surface area contributed by atoms with E-state index in [9.17, 15) is 5.11 Å². The molecule has 92 valence electrons. The summed E-state index contributed by atoms with van der Waals surface area (Å²) in [6.45, 7) is 4.45. The van der Waals surface area contributed by atoms with Gasteiger partial charge in [-0.3, -0.25) is 0 Å². The van der Waals surface area contributed by atoms with E-state index in [1.807, 2.05) is 24.3 Å². The Balaban J connectivity index is 2.23. The molecule has 1 atom stereocenters. The number of rotatable bonds is 2. The number of aliphatic hydroxyl groups is 1. The van der Waals surface area contributed by atoms with E-state index in [1.165, 1.54) is 6.42 Å². The van der Waals surface area contributed by atoms with Gasteiger partial charge in [-0.25, -0.2) is 0 Å². The number of benzene rings is 1. The minimum Gasteiger partial charge on any atom is -0.384 e. The van der Waals surface area contributed by atoms with E-state index in [0.717, 1.165) is 24.0 Å². The normalized spacial score (nSPS) is 20.8. The molecule has 0 bridgehead atoms. The van der Waals surface area contributed by atoms with Gasteiger partial charge in [0.2, 0.25) is 0 Å². The van der Waals surface area contributed by atoms with Crippen LogP contribution in [-0.4, -0.2) is 5.11 Å². The summed E-state index contributed by atoms with van der Waals surface area (Å²) in [7, 11) is 0. The molecule has 2 heteroatoms. The van der Waals surface area contributed by atoms with Crippen molar-refractivity contribution >= 4 is 11.6 Å². The topological polar surface area (TPSA) is 20.2 Å². The van der Waals surface area contributed by atoms with E-state index in [1.54, 1.807) is 0 Å². The zero-order valence-corrected chi connectivity index (χ0v) is 11.2. The molecule has 1 aliphatic carbocycles. The molecular weight excluding hydrogens is 232 g/mol. The van der Waals surface area contributed by atoms with Crippen LogP contribution in [0, 0.1) is 5.41 Å². The molecule has 0 aliphatic heterocycles. The molecule has 0 radical (unpaired) electrons. The van der Waals surface area contributed by atoms with Gasteiger partial charge in [-0.05, 0) is 47.9 Å². The van der Waals surface area contributed by atoms with Crippen LogP contribution in [0.1, 0.15) is 44.8 Å². The molecule has 1 unspecified atom stereocenters. The second kappa shape index (κ2) is 4.83. The molecule has 2 rings (SSSR count). The Morgan fingerprint density at radius 3 is 2.47 bits per heavy atom. The smallest absolute Gasteiger partial charge is 0.100 e. The summed E-state index contributed by atoms with van der Waals surface area (Å²) in [4.78, 5) is 0. The summed E-state index contributed by atoms with van der Waals surface area (Å²) < 4.78 is 0. The Morgan fingerprint density at radius 1 is 1.24 bits per heavy atom. The van der Waals surface area contributed by atoms with Crippen LogP contribution in [-0.2, 0) is 0 Å². The van der Waals surface area contributed by atoms with Crippen molar-refractivity contribution in [1.29, 1.82) is 0 Å². The minimum absolute atomic E-state index is 0.209. The molecule has 1 aromatic carbocycles. The van der Waals surface area contributed by atoms with Crippen molar-refractivity contribution in [2.24, 2.45) is 5.41 Å². The molecular formula is C15H19ClO. The minimum atomic E-state index is -0.480. The zero-order chi connectivity index (χ0) is 12.5. The van der Waals surface area contributed by atoms with Gasteiger partial charge in [-0.15, -0.1) is 0 Å². The Morgan fingerprint density at radius 2 is 1.88 bits per heavy atom. The van der Waals surface area contributed by atoms with Crippen LogP contribution in [0.2, 0.25) is 5.02 Å². The summed E-state index contributed by atoms with van der Waals surface area (Å²) >= 11 is 5.85. The van der Waals surface area contributed by atoms with Gasteiger partial charge in [-0.1, -0.05) is 43.7 Å². The fraction of sp³-hybridized carbons (Fsp3) is 0.467. The molecule has 1 aromatic rings. The van der Waals surface area contributed by atoms with Gasteiger partial charge < -0.3 is 5.11 Å². The van der Waals surface area contributed by atoms with Crippen LogP contribution in [0.3, 0.4) is 0 Å². The Bertz CT molecular complexity index is 417. The van der Waals surface area contributed by atoms with Gasteiger partial charge in [0, 0.05) is 5.02 Å². The highest BCUT2D eigenvalue weighted by Crippen LogP contribution is 2.38. The predicted molar refractivity (Wildman–Crippen MR) is 72.1 cm³/mol. The zero-order valence-electron chi connectivity index (χ0n) is 10.4. The van der Waals surface area contributed by atoms with Gasteiger partial charge in [-0.2, -0.15) is 0 Å². The highest BCUT2D eigenvalue weighted by Gasteiger charge is 2.24. The lowest BCUT2D eigenvalue weighted by Gasteiger charge is -2.29. The maximum Gasteiger partial charge on any atom is 0.100 e. The molecule has 17 heavy (non-hydrogen) atoms. The van der Waals surface area contributed by atoms with Crippen LogP contribution >= 0.6 is 11.6 Å². The molecule has 0 heterocycles. The van der Waals surface area contributed by atoms with Gasteiger partial charge in [0.25, 0.3) is 0 Å². The predicted octanol–water partition coefficient (Wildman–Crippen LogP) is 4.51. The SMILES string of the molecule is CC1(C)C=C(C(O)c2ccc(Cl)cc2)CCC1. The maximum atomic E-state index is 10.4. The van der Waals surface area contributed by atoms with E-state index in [2.05, 4.69) is 19.9 Å². The second-order valence-corrected chi connectivity index (χ2v) is 5.95. The van der Waals surface area contributed by atoms with Crippen LogP contribution in [0.25, 0.3) is 0 Å². The third-order valence-corrected chi connectivity index (χ3v) is 3.65. The number of halogens is 1. The molecule has 0 amide bonds. The summed E-state index contributed by atoms with van der Waals surface area (Å²) in [5, 5.41) is 11.1. The van der Waals surface area contributed by atoms with Gasteiger partial charge >= 0.3 is 0 Å². The Hall–Kier alpha value is -0.790. The average molecular weight is 251 g/mol. The molecule has 0 spiro atoms. The van der Waals surface area contributed by atoms with Gasteiger partial charge in [0.15, 0.2) is 0 Å². The van der Waals surface area contributed by atoms with E-state index >= 15 is 0 Å². The van der Waals surface area contributed by atoms with Crippen molar-refractivity contribution < 1.29 is 5.11 Å². The summed E-state index contributed by atoms with van der Waals surface area (Å²) in [5.74, 6) is 0. The van der Waals surface area contributed by atoms with Crippen LogP contribution in [0.15, 0.2) is 35.9 Å². The number of hydrogen-bond donors (Lipinski definition) is 1. The first-order valence-corrected chi connectivity index (χ1v) is 6.51. The highest BCUT2D eigenvalue weighted by molar-refractivity contribution is 6.30. The van der Waals surface area contributed by atoms with Crippen molar-refractivity contribution in [2.75, 3.05) is 0 Å². The molecule has 0 aromatic heterocycles. The van der Waals surface area contributed by atoms with Crippen molar-refractivity contribution in [3.8, 4) is 0 Å². The van der Waals surface area contributed by atoms with Crippen molar-refractivity contribution in [3.05, 3.63) is 46.5 Å². The standard InChI is InChI=1S/C15H19ClO/c1-15(2)9-3-4-12(10-15)14(17)11-5-7-13(16)8-6-11/h5-8,10,14,17H,3-4,9H2,1-2H3. The maximum absolute atomic E-state index is 10.4. The van der Waals surface area contributed by atoms with Gasteiger partial charge in [0.05, 0.1) is 0 Å². The summed E-state index contributed by atoms with van der Waals surface area (Å²) in [6.07, 6.45) is 5.10. The van der Waals surface area contributed by atoms with Crippen molar-refractivity contribution in [1.82, 2.24) is 0 Å². The van der Waals surface area contributed by atoms with E-state index in [0.29, 0.717) is 5.02 Å². The number of aliphatic hydroxyl groups excluding tert-OH is 1. The Kier molecular flexibility index (Phi) is 3.60. The summed E-state index contributed by atoms with van der Waals surface area (Å²) in [6, 6.07) is 7.45. The lowest BCUT2D eigenvalue weighted by molar-refractivity contribution is 0.201. The third kappa shape index (κ3) is 3.11. The first-order chi connectivity index (χ1) is 7.98. The highest BCUT2D eigenvalue weighted by atomic mass is 35.5. The first kappa shape index (κ1) is 12.7. The average Bonchev–Trinajstić information content (AvgIpc) is 2.28. The third-order valence-electron chi connectivity index (χ3n) is 3.40. The van der Waals surface area contributed by atoms with Crippen molar-refractivity contribution in [3.63, 3.8) is 0 Å². The first-order valence-electron chi connectivity index (χ1n) is 6.13. The van der Waals surface area contributed by atoms with Gasteiger partial charge in [0.1, 0.15) is 6.10 Å². The van der Waals surface area contributed by atoms with Crippen LogP contribution in [0.5, 0.6) is 0 Å². The largest absolute Gasteiger partial charge is 0.384 e. The van der Waals surface area contributed by atoms with E-state index < -0.39 is 6.10 Å². The Labute approximate surface area is 108 Å². The molecule has 1 nitrogen and oxygen atoms in total. The molecule has 0 fully saturated rings.